The van der Waals surface area contributed by atoms with E-state index >= 15 is 0 Å². The van der Waals surface area contributed by atoms with Crippen LogP contribution in [0.3, 0.4) is 0 Å². The number of nitrogens with one attached hydrogen (secondary N) is 3. The summed E-state index contributed by atoms with van der Waals surface area (Å²) in [7, 11) is 0. The van der Waals surface area contributed by atoms with E-state index in [-0.39, 0.29) is 18.4 Å². The van der Waals surface area contributed by atoms with Gasteiger partial charge in [0.25, 0.3) is 0 Å². The van der Waals surface area contributed by atoms with Crippen LogP contribution in [0.5, 0.6) is 0 Å². The molecule has 136 valence electrons. The fourth-order valence-electron chi connectivity index (χ4n) is 2.64. The van der Waals surface area contributed by atoms with Gasteiger partial charge in [0.15, 0.2) is 5.96 Å². The predicted octanol–water partition coefficient (Wildman–Crippen LogP) is 1.00. The fraction of sp³-hybridized carbons (Fsp3) is 0.500. The number of rotatable bonds is 7. The number of guanidine groups is 1. The lowest BCUT2D eigenvalue weighted by molar-refractivity contribution is -0.120. The summed E-state index contributed by atoms with van der Waals surface area (Å²) in [5.41, 5.74) is 1.99. The van der Waals surface area contributed by atoms with Crippen LogP contribution in [0, 0.1) is 0 Å². The highest BCUT2D eigenvalue weighted by atomic mass is 16.2. The molecule has 0 bridgehead atoms. The summed E-state index contributed by atoms with van der Waals surface area (Å²) < 4.78 is 0. The summed E-state index contributed by atoms with van der Waals surface area (Å²) in [5, 5.41) is 8.87. The minimum absolute atomic E-state index is 0.0623. The van der Waals surface area contributed by atoms with Gasteiger partial charge in [-0.15, -0.1) is 0 Å². The van der Waals surface area contributed by atoms with Crippen LogP contribution in [0.1, 0.15) is 32.3 Å². The minimum atomic E-state index is -0.0623. The lowest BCUT2D eigenvalue weighted by Crippen LogP contribution is -2.43. The number of amides is 2. The first-order chi connectivity index (χ1) is 12.1. The number of hydrogen-bond donors (Lipinski definition) is 3. The van der Waals surface area contributed by atoms with E-state index in [4.69, 9.17) is 0 Å². The van der Waals surface area contributed by atoms with Crippen LogP contribution in [-0.2, 0) is 16.1 Å². The maximum Gasteiger partial charge on any atom is 0.239 e. The first-order valence-electron chi connectivity index (χ1n) is 8.82. The highest BCUT2D eigenvalue weighted by Gasteiger charge is 2.21. The van der Waals surface area contributed by atoms with Crippen LogP contribution in [-0.4, -0.2) is 44.0 Å². The summed E-state index contributed by atoms with van der Waals surface area (Å²) in [6.07, 6.45) is 1.56. The molecule has 7 heteroatoms. The van der Waals surface area contributed by atoms with Crippen LogP contribution in [0.25, 0.3) is 0 Å². The van der Waals surface area contributed by atoms with Crippen molar-refractivity contribution in [2.24, 2.45) is 4.99 Å². The summed E-state index contributed by atoms with van der Waals surface area (Å²) in [5.74, 6) is 0.732. The molecule has 2 rings (SSSR count). The van der Waals surface area contributed by atoms with E-state index in [9.17, 15) is 9.59 Å². The maximum atomic E-state index is 11.8. The summed E-state index contributed by atoms with van der Waals surface area (Å²) >= 11 is 0. The number of benzene rings is 1. The molecule has 2 amide bonds. The number of carbonyl (C=O) groups is 2. The summed E-state index contributed by atoms with van der Waals surface area (Å²) in [6, 6.07) is 7.89. The van der Waals surface area contributed by atoms with Gasteiger partial charge >= 0.3 is 0 Å². The van der Waals surface area contributed by atoms with Crippen molar-refractivity contribution in [3.05, 3.63) is 29.8 Å². The molecule has 1 fully saturated rings. The van der Waals surface area contributed by atoms with Crippen LogP contribution in [0.2, 0.25) is 0 Å². The van der Waals surface area contributed by atoms with Crippen molar-refractivity contribution in [3.63, 3.8) is 0 Å². The Balaban J connectivity index is 1.92. The Hall–Kier alpha value is -2.57. The van der Waals surface area contributed by atoms with Crippen molar-refractivity contribution >= 4 is 23.5 Å². The molecule has 1 saturated heterocycles. The predicted molar refractivity (Wildman–Crippen MR) is 99.5 cm³/mol. The molecule has 3 N–H and O–H groups in total. The lowest BCUT2D eigenvalue weighted by atomic mass is 10.2. The third-order valence-electron chi connectivity index (χ3n) is 3.88. The Labute approximate surface area is 148 Å². The lowest BCUT2D eigenvalue weighted by Gasteiger charge is -2.15. The molecular weight excluding hydrogens is 318 g/mol. The van der Waals surface area contributed by atoms with Gasteiger partial charge in [-0.1, -0.05) is 12.1 Å². The van der Waals surface area contributed by atoms with Gasteiger partial charge in [0.2, 0.25) is 11.8 Å². The molecule has 0 spiro atoms. The van der Waals surface area contributed by atoms with Crippen LogP contribution < -0.4 is 20.9 Å². The van der Waals surface area contributed by atoms with Gasteiger partial charge in [-0.25, -0.2) is 4.99 Å². The molecule has 0 aromatic heterocycles. The number of likely N-dealkylation sites (N-methyl/N-ethyl adjacent to an activating group) is 1. The molecule has 25 heavy (non-hydrogen) atoms. The normalized spacial score (nSPS) is 14.6. The van der Waals surface area contributed by atoms with E-state index < -0.39 is 0 Å². The molecule has 7 nitrogen and oxygen atoms in total. The number of anilines is 1. The standard InChI is InChI=1S/C18H27N5O2/c1-3-19-16(24)13-22-18(20-4-2)21-12-14-7-9-15(10-8-14)23-11-5-6-17(23)25/h7-10H,3-6,11-13H2,1-2H3,(H,19,24)(H2,20,21,22). The third-order valence-corrected chi connectivity index (χ3v) is 3.88. The van der Waals surface area contributed by atoms with E-state index in [1.54, 1.807) is 0 Å². The minimum Gasteiger partial charge on any atom is -0.357 e. The van der Waals surface area contributed by atoms with E-state index in [2.05, 4.69) is 20.9 Å². The van der Waals surface area contributed by atoms with Crippen molar-refractivity contribution < 1.29 is 9.59 Å². The quantitative estimate of drug-likeness (QED) is 0.508. The highest BCUT2D eigenvalue weighted by Crippen LogP contribution is 2.21. The summed E-state index contributed by atoms with van der Waals surface area (Å²) in [6.45, 7) is 6.68. The molecule has 1 heterocycles. The Morgan fingerprint density at radius 3 is 2.44 bits per heavy atom. The SMILES string of the molecule is CCNC(=O)CNC(=NCc1ccc(N2CCCC2=O)cc1)NCC. The second-order valence-electron chi connectivity index (χ2n) is 5.82. The van der Waals surface area contributed by atoms with E-state index in [0.29, 0.717) is 25.5 Å². The molecule has 0 atom stereocenters. The second kappa shape index (κ2) is 9.66. The molecule has 0 unspecified atom stereocenters. The van der Waals surface area contributed by atoms with Gasteiger partial charge < -0.3 is 20.9 Å². The van der Waals surface area contributed by atoms with Gasteiger partial charge in [-0.3, -0.25) is 9.59 Å². The highest BCUT2D eigenvalue weighted by molar-refractivity contribution is 5.95. The topological polar surface area (TPSA) is 85.8 Å². The molecule has 1 aromatic rings. The van der Waals surface area contributed by atoms with Crippen molar-refractivity contribution in [3.8, 4) is 0 Å². The van der Waals surface area contributed by atoms with Gasteiger partial charge in [-0.05, 0) is 38.0 Å². The van der Waals surface area contributed by atoms with Gasteiger partial charge in [0, 0.05) is 31.7 Å². The van der Waals surface area contributed by atoms with Crippen molar-refractivity contribution in [1.29, 1.82) is 0 Å². The van der Waals surface area contributed by atoms with Gasteiger partial charge in [-0.2, -0.15) is 0 Å². The Morgan fingerprint density at radius 1 is 1.12 bits per heavy atom. The van der Waals surface area contributed by atoms with E-state index in [0.717, 1.165) is 30.8 Å². The van der Waals surface area contributed by atoms with E-state index in [1.807, 2.05) is 43.0 Å². The molecule has 0 radical (unpaired) electrons. The number of hydrogen-bond acceptors (Lipinski definition) is 3. The van der Waals surface area contributed by atoms with Gasteiger partial charge in [0.1, 0.15) is 0 Å². The Bertz CT molecular complexity index is 612. The van der Waals surface area contributed by atoms with Crippen LogP contribution in [0.15, 0.2) is 29.3 Å². The smallest absolute Gasteiger partial charge is 0.239 e. The maximum absolute atomic E-state index is 11.8. The first kappa shape index (κ1) is 18.8. The zero-order valence-corrected chi connectivity index (χ0v) is 15.0. The Morgan fingerprint density at radius 2 is 1.84 bits per heavy atom. The largest absolute Gasteiger partial charge is 0.357 e. The molecule has 1 aliphatic rings. The van der Waals surface area contributed by atoms with Gasteiger partial charge in [0.05, 0.1) is 13.1 Å². The van der Waals surface area contributed by atoms with Crippen LogP contribution >= 0.6 is 0 Å². The molecule has 0 saturated carbocycles. The monoisotopic (exact) mass is 345 g/mol. The number of nitrogens with zero attached hydrogens (tertiary/aromatic N) is 2. The average Bonchev–Trinajstić information content (AvgIpc) is 3.04. The zero-order chi connectivity index (χ0) is 18.1. The average molecular weight is 345 g/mol. The Kier molecular flexibility index (Phi) is 7.25. The second-order valence-corrected chi connectivity index (χ2v) is 5.82. The number of aliphatic imine (C=N–C) groups is 1. The molecule has 1 aromatic carbocycles. The molecule has 1 aliphatic heterocycles. The van der Waals surface area contributed by atoms with Crippen molar-refractivity contribution in [1.82, 2.24) is 16.0 Å². The fourth-order valence-corrected chi connectivity index (χ4v) is 2.64. The molecule has 0 aliphatic carbocycles. The van der Waals surface area contributed by atoms with Crippen LogP contribution in [0.4, 0.5) is 5.69 Å². The van der Waals surface area contributed by atoms with Crippen molar-refractivity contribution in [2.75, 3.05) is 31.1 Å². The third kappa shape index (κ3) is 5.77. The summed E-state index contributed by atoms with van der Waals surface area (Å²) in [4.78, 5) is 29.6. The van der Waals surface area contributed by atoms with E-state index in [1.165, 1.54) is 0 Å². The van der Waals surface area contributed by atoms with Crippen molar-refractivity contribution in [2.45, 2.75) is 33.2 Å². The number of carbonyl (C=O) groups excluding carboxylic acids is 2. The first-order valence-corrected chi connectivity index (χ1v) is 8.82. The molecular formula is C18H27N5O2. The zero-order valence-electron chi connectivity index (χ0n) is 15.0.